The number of pyridine rings is 2. The van der Waals surface area contributed by atoms with E-state index in [2.05, 4.69) is 80.9 Å². The maximum Gasteiger partial charge on any atom is 0.0978 e. The van der Waals surface area contributed by atoms with Crippen LogP contribution in [0.3, 0.4) is 0 Å². The Bertz CT molecular complexity index is 1300. The van der Waals surface area contributed by atoms with Gasteiger partial charge in [-0.25, -0.2) is 0 Å². The molecule has 0 aliphatic carbocycles. The van der Waals surface area contributed by atoms with Gasteiger partial charge in [0.1, 0.15) is 0 Å². The number of nitrogens with one attached hydrogen (secondary N) is 2. The Kier molecular flexibility index (Phi) is 8.36. The molecule has 0 bridgehead atoms. The van der Waals surface area contributed by atoms with E-state index >= 15 is 0 Å². The lowest BCUT2D eigenvalue weighted by molar-refractivity contribution is 0.327. The van der Waals surface area contributed by atoms with Gasteiger partial charge in [-0.2, -0.15) is 0 Å². The number of aryl methyl sites for hydroxylation is 1. The Labute approximate surface area is 220 Å². The number of aromatic nitrogens is 2. The van der Waals surface area contributed by atoms with Crippen LogP contribution in [0.2, 0.25) is 0 Å². The molecule has 7 nitrogen and oxygen atoms in total. The van der Waals surface area contributed by atoms with Crippen LogP contribution < -0.4 is 10.6 Å². The summed E-state index contributed by atoms with van der Waals surface area (Å²) < 4.78 is 0. The van der Waals surface area contributed by atoms with Gasteiger partial charge in [0.05, 0.1) is 34.8 Å². The van der Waals surface area contributed by atoms with Crippen molar-refractivity contribution >= 4 is 17.1 Å². The highest BCUT2D eigenvalue weighted by Crippen LogP contribution is 2.26. The van der Waals surface area contributed by atoms with E-state index in [0.29, 0.717) is 0 Å². The van der Waals surface area contributed by atoms with Crippen LogP contribution in [0.15, 0.2) is 84.7 Å². The summed E-state index contributed by atoms with van der Waals surface area (Å²) in [6.07, 6.45) is 8.06. The fourth-order valence-corrected chi connectivity index (χ4v) is 4.46. The van der Waals surface area contributed by atoms with Crippen LogP contribution in [0.25, 0.3) is 11.1 Å². The molecule has 1 saturated heterocycles. The second-order valence-electron chi connectivity index (χ2n) is 9.65. The monoisotopic (exact) mass is 495 g/mol. The second-order valence-corrected chi connectivity index (χ2v) is 9.65. The summed E-state index contributed by atoms with van der Waals surface area (Å²) in [7, 11) is 5.70. The highest BCUT2D eigenvalue weighted by atomic mass is 15.2. The molecule has 1 aliphatic rings. The molecule has 3 aromatic rings. The summed E-state index contributed by atoms with van der Waals surface area (Å²) in [6, 6.07) is 12.5. The smallest absolute Gasteiger partial charge is 0.0978 e. The standard InChI is InChI=1S/C30H37N7/c1-21-9-10-24(25-15-27(19-32-18-25)35-23(3)36(5)6)16-29(21)30(31-4)22(2)34-26-11-12-33-28(17-26)20-37-13-7-8-14-37/h9-12,15-19,35H,2-3,7-8,13-14,20H2,1,4-6H3,(H,33,34). The van der Waals surface area contributed by atoms with Crippen molar-refractivity contribution in [3.05, 3.63) is 96.5 Å². The van der Waals surface area contributed by atoms with E-state index in [0.717, 1.165) is 76.2 Å². The summed E-state index contributed by atoms with van der Waals surface area (Å²) in [5, 5.41) is 6.76. The zero-order chi connectivity index (χ0) is 26.4. The van der Waals surface area contributed by atoms with Crippen LogP contribution in [0, 0.1) is 6.92 Å². The maximum atomic E-state index is 4.62. The van der Waals surface area contributed by atoms with Gasteiger partial charge in [0, 0.05) is 56.9 Å². The molecule has 2 aromatic heterocycles. The lowest BCUT2D eigenvalue weighted by atomic mass is 9.96. The van der Waals surface area contributed by atoms with Gasteiger partial charge in [-0.1, -0.05) is 25.3 Å². The highest BCUT2D eigenvalue weighted by Gasteiger charge is 2.15. The van der Waals surface area contributed by atoms with Gasteiger partial charge in [0.2, 0.25) is 0 Å². The Balaban J connectivity index is 1.54. The van der Waals surface area contributed by atoms with Gasteiger partial charge in [-0.15, -0.1) is 0 Å². The van der Waals surface area contributed by atoms with Crippen molar-refractivity contribution in [3.63, 3.8) is 0 Å². The van der Waals surface area contributed by atoms with E-state index in [-0.39, 0.29) is 0 Å². The van der Waals surface area contributed by atoms with Gasteiger partial charge >= 0.3 is 0 Å². The van der Waals surface area contributed by atoms with E-state index < -0.39 is 0 Å². The van der Waals surface area contributed by atoms with E-state index in [1.54, 1.807) is 13.2 Å². The predicted molar refractivity (Wildman–Crippen MR) is 155 cm³/mol. The molecule has 0 spiro atoms. The van der Waals surface area contributed by atoms with Gasteiger partial charge in [-0.05, 0) is 68.2 Å². The number of likely N-dealkylation sites (tertiary alicyclic amines) is 1. The summed E-state index contributed by atoms with van der Waals surface area (Å²) in [5.41, 5.74) is 8.69. The first-order valence-corrected chi connectivity index (χ1v) is 12.6. The lowest BCUT2D eigenvalue weighted by Gasteiger charge is -2.18. The minimum atomic E-state index is 0.747. The first-order chi connectivity index (χ1) is 17.8. The SMILES string of the molecule is C=C(Nc1ccnc(CN2CCCC2)c1)C(=NC)c1cc(-c2cncc(NC(=C)N(C)C)c2)ccc1C. The minimum Gasteiger partial charge on any atom is -0.365 e. The van der Waals surface area contributed by atoms with Crippen LogP contribution in [0.4, 0.5) is 11.4 Å². The highest BCUT2D eigenvalue weighted by molar-refractivity contribution is 6.15. The average Bonchev–Trinajstić information content (AvgIpc) is 3.39. The molecule has 1 aromatic carbocycles. The molecule has 2 N–H and O–H groups in total. The summed E-state index contributed by atoms with van der Waals surface area (Å²) in [5.74, 6) is 0.797. The van der Waals surface area contributed by atoms with E-state index in [4.69, 9.17) is 0 Å². The molecule has 3 heterocycles. The second kappa shape index (κ2) is 11.8. The molecular weight excluding hydrogens is 458 g/mol. The topological polar surface area (TPSA) is 68.7 Å². The number of allylic oxidation sites excluding steroid dienone is 1. The van der Waals surface area contributed by atoms with E-state index in [1.807, 2.05) is 37.5 Å². The molecule has 0 radical (unpaired) electrons. The van der Waals surface area contributed by atoms with Crippen molar-refractivity contribution < 1.29 is 0 Å². The number of nitrogens with zero attached hydrogens (tertiary/aromatic N) is 5. The van der Waals surface area contributed by atoms with Gasteiger partial charge < -0.3 is 15.5 Å². The molecule has 0 saturated carbocycles. The number of benzene rings is 1. The minimum absolute atomic E-state index is 0.747. The third-order valence-corrected chi connectivity index (χ3v) is 6.60. The number of rotatable bonds is 10. The first-order valence-electron chi connectivity index (χ1n) is 12.6. The van der Waals surface area contributed by atoms with E-state index in [1.165, 1.54) is 12.8 Å². The summed E-state index contributed by atoms with van der Waals surface area (Å²) in [6.45, 7) is 13.6. The average molecular weight is 496 g/mol. The molecule has 4 rings (SSSR count). The molecule has 0 atom stereocenters. The zero-order valence-electron chi connectivity index (χ0n) is 22.4. The fraction of sp³-hybridized carbons (Fsp3) is 0.300. The van der Waals surface area contributed by atoms with Crippen molar-refractivity contribution in [2.24, 2.45) is 4.99 Å². The molecule has 192 valence electrons. The van der Waals surface area contributed by atoms with Crippen molar-refractivity contribution in [1.82, 2.24) is 19.8 Å². The van der Waals surface area contributed by atoms with Crippen LogP contribution in [0.5, 0.6) is 0 Å². The molecule has 1 fully saturated rings. The lowest BCUT2D eigenvalue weighted by Crippen LogP contribution is -2.19. The number of hydrogen-bond acceptors (Lipinski definition) is 7. The van der Waals surface area contributed by atoms with E-state index in [9.17, 15) is 0 Å². The molecule has 7 heteroatoms. The molecular formula is C30H37N7. The molecule has 1 aliphatic heterocycles. The van der Waals surface area contributed by atoms with Crippen LogP contribution in [-0.4, -0.2) is 59.7 Å². The van der Waals surface area contributed by atoms with Gasteiger partial charge in [0.25, 0.3) is 0 Å². The Morgan fingerprint density at radius 1 is 1.00 bits per heavy atom. The quantitative estimate of drug-likeness (QED) is 0.360. The normalized spacial score (nSPS) is 13.9. The van der Waals surface area contributed by atoms with Crippen molar-refractivity contribution in [1.29, 1.82) is 0 Å². The third kappa shape index (κ3) is 6.62. The van der Waals surface area contributed by atoms with Gasteiger partial charge in [-0.3, -0.25) is 19.9 Å². The number of anilines is 2. The molecule has 0 amide bonds. The fourth-order valence-electron chi connectivity index (χ4n) is 4.46. The van der Waals surface area contributed by atoms with Crippen molar-refractivity contribution in [3.8, 4) is 11.1 Å². The van der Waals surface area contributed by atoms with Crippen LogP contribution in [-0.2, 0) is 6.54 Å². The van der Waals surface area contributed by atoms with Crippen molar-refractivity contribution in [2.75, 3.05) is 44.9 Å². The van der Waals surface area contributed by atoms with Crippen LogP contribution >= 0.6 is 0 Å². The largest absolute Gasteiger partial charge is 0.365 e. The summed E-state index contributed by atoms with van der Waals surface area (Å²) >= 11 is 0. The predicted octanol–water partition coefficient (Wildman–Crippen LogP) is 5.54. The maximum absolute atomic E-state index is 4.62. The Hall–Kier alpha value is -3.97. The summed E-state index contributed by atoms with van der Waals surface area (Å²) in [4.78, 5) is 18.0. The van der Waals surface area contributed by atoms with Crippen LogP contribution in [0.1, 0.15) is 29.7 Å². The van der Waals surface area contributed by atoms with Crippen molar-refractivity contribution in [2.45, 2.75) is 26.3 Å². The Morgan fingerprint density at radius 2 is 1.78 bits per heavy atom. The number of aliphatic imine (C=N–C) groups is 1. The number of hydrogen-bond donors (Lipinski definition) is 2. The molecule has 0 unspecified atom stereocenters. The zero-order valence-corrected chi connectivity index (χ0v) is 22.4. The molecule has 37 heavy (non-hydrogen) atoms. The first kappa shape index (κ1) is 26.1. The third-order valence-electron chi connectivity index (χ3n) is 6.60. The Morgan fingerprint density at radius 3 is 2.51 bits per heavy atom. The van der Waals surface area contributed by atoms with Gasteiger partial charge in [0.15, 0.2) is 0 Å².